The van der Waals surface area contributed by atoms with E-state index in [0.717, 1.165) is 6.42 Å². The molecule has 7 nitrogen and oxygen atoms in total. The van der Waals surface area contributed by atoms with Gasteiger partial charge in [0.25, 0.3) is 11.6 Å². The van der Waals surface area contributed by atoms with Gasteiger partial charge in [0.2, 0.25) is 5.91 Å². The third kappa shape index (κ3) is 2.86. The summed E-state index contributed by atoms with van der Waals surface area (Å²) in [6, 6.07) is 6.34. The third-order valence-corrected chi connectivity index (χ3v) is 5.36. The van der Waals surface area contributed by atoms with Gasteiger partial charge in [-0.1, -0.05) is 13.0 Å². The van der Waals surface area contributed by atoms with Gasteiger partial charge in [0, 0.05) is 12.6 Å². The lowest BCUT2D eigenvalue weighted by Crippen LogP contribution is -2.36. The molecular weight excluding hydrogens is 354 g/mol. The van der Waals surface area contributed by atoms with Crippen molar-refractivity contribution in [2.24, 2.45) is 0 Å². The lowest BCUT2D eigenvalue weighted by atomic mass is 9.85. The maximum Gasteiger partial charge on any atom is 0.294 e. The molecule has 0 radical (unpaired) electrons. The fourth-order valence-electron chi connectivity index (χ4n) is 3.15. The molecule has 26 heavy (non-hydrogen) atoms. The number of carbonyl (C=O) groups is 2. The number of nitrogens with one attached hydrogen (secondary N) is 1. The maximum absolute atomic E-state index is 12.7. The van der Waals surface area contributed by atoms with Gasteiger partial charge >= 0.3 is 0 Å². The van der Waals surface area contributed by atoms with Crippen LogP contribution in [0, 0.1) is 10.1 Å². The van der Waals surface area contributed by atoms with Gasteiger partial charge in [-0.05, 0) is 43.3 Å². The quantitative estimate of drug-likeness (QED) is 0.634. The van der Waals surface area contributed by atoms with Crippen LogP contribution < -0.4 is 10.2 Å². The molecule has 0 saturated heterocycles. The number of amides is 2. The van der Waals surface area contributed by atoms with Crippen molar-refractivity contribution in [1.82, 2.24) is 0 Å². The first-order chi connectivity index (χ1) is 12.3. The molecule has 0 aliphatic carbocycles. The standard InChI is InChI=1S/C18H19N3O4S/c1-4-7-20-13-10-14(21(24)25)12(9-11(13)18(2,3)17(20)23)19-16(22)15-6-5-8-26-15/h5-6,8-10H,4,7H2,1-3H3,(H,19,22). The van der Waals surface area contributed by atoms with Crippen LogP contribution >= 0.6 is 11.3 Å². The molecule has 1 aliphatic rings. The van der Waals surface area contributed by atoms with Crippen LogP contribution in [-0.2, 0) is 10.2 Å². The Hall–Kier alpha value is -2.74. The van der Waals surface area contributed by atoms with Gasteiger partial charge in [0.1, 0.15) is 5.69 Å². The minimum atomic E-state index is -0.804. The topological polar surface area (TPSA) is 92.6 Å². The zero-order chi connectivity index (χ0) is 19.1. The summed E-state index contributed by atoms with van der Waals surface area (Å²) in [6.07, 6.45) is 0.742. The predicted octanol–water partition coefficient (Wildman–Crippen LogP) is 3.94. The largest absolute Gasteiger partial charge is 0.316 e. The van der Waals surface area contributed by atoms with Gasteiger partial charge in [-0.15, -0.1) is 11.3 Å². The van der Waals surface area contributed by atoms with Crippen molar-refractivity contribution in [3.63, 3.8) is 0 Å². The van der Waals surface area contributed by atoms with Gasteiger partial charge in [-0.2, -0.15) is 0 Å². The molecule has 0 unspecified atom stereocenters. The number of nitrogens with zero attached hydrogens (tertiary/aromatic N) is 2. The molecule has 1 N–H and O–H groups in total. The number of nitro groups is 1. The first kappa shape index (κ1) is 18.1. The SMILES string of the molecule is CCCN1C(=O)C(C)(C)c2cc(NC(=O)c3cccs3)c([N+](=O)[O-])cc21. The number of nitro benzene ring substituents is 1. The monoisotopic (exact) mass is 373 g/mol. The van der Waals surface area contributed by atoms with Crippen LogP contribution in [0.2, 0.25) is 0 Å². The average molecular weight is 373 g/mol. The van der Waals surface area contributed by atoms with Crippen LogP contribution in [0.4, 0.5) is 17.1 Å². The smallest absolute Gasteiger partial charge is 0.294 e. The molecule has 2 aromatic rings. The molecule has 1 aromatic carbocycles. The highest BCUT2D eigenvalue weighted by atomic mass is 32.1. The molecule has 1 aromatic heterocycles. The summed E-state index contributed by atoms with van der Waals surface area (Å²) in [5.41, 5.74) is 0.305. The highest BCUT2D eigenvalue weighted by molar-refractivity contribution is 7.12. The third-order valence-electron chi connectivity index (χ3n) is 4.50. The molecule has 1 aliphatic heterocycles. The Balaban J connectivity index is 2.10. The van der Waals surface area contributed by atoms with E-state index in [0.29, 0.717) is 22.7 Å². The summed E-state index contributed by atoms with van der Waals surface area (Å²) >= 11 is 1.25. The van der Waals surface area contributed by atoms with E-state index in [1.54, 1.807) is 42.3 Å². The highest BCUT2D eigenvalue weighted by Crippen LogP contribution is 2.46. The van der Waals surface area contributed by atoms with Gasteiger partial charge in [-0.3, -0.25) is 19.7 Å². The maximum atomic E-state index is 12.7. The number of fused-ring (bicyclic) bond motifs is 1. The summed E-state index contributed by atoms with van der Waals surface area (Å²) in [5.74, 6) is -0.499. The van der Waals surface area contributed by atoms with Crippen molar-refractivity contribution < 1.29 is 14.5 Å². The molecular formula is C18H19N3O4S. The van der Waals surface area contributed by atoms with E-state index in [9.17, 15) is 19.7 Å². The van der Waals surface area contributed by atoms with Gasteiger partial charge in [0.15, 0.2) is 0 Å². The Kier molecular flexibility index (Phi) is 4.53. The van der Waals surface area contributed by atoms with Crippen LogP contribution in [0.5, 0.6) is 0 Å². The molecule has 0 spiro atoms. The van der Waals surface area contributed by atoms with Crippen LogP contribution in [0.15, 0.2) is 29.6 Å². The van der Waals surface area contributed by atoms with Crippen LogP contribution in [0.1, 0.15) is 42.4 Å². The normalized spacial score (nSPS) is 15.0. The Morgan fingerprint density at radius 3 is 2.69 bits per heavy atom. The van der Waals surface area contributed by atoms with Gasteiger partial charge in [-0.25, -0.2) is 0 Å². The molecule has 136 valence electrons. The van der Waals surface area contributed by atoms with E-state index in [1.165, 1.54) is 17.4 Å². The Bertz CT molecular complexity index is 890. The molecule has 8 heteroatoms. The van der Waals surface area contributed by atoms with E-state index < -0.39 is 16.2 Å². The number of hydrogen-bond acceptors (Lipinski definition) is 5. The van der Waals surface area contributed by atoms with E-state index >= 15 is 0 Å². The molecule has 0 saturated carbocycles. The average Bonchev–Trinajstić information content (AvgIpc) is 3.18. The molecule has 2 amide bonds. The van der Waals surface area contributed by atoms with E-state index in [2.05, 4.69) is 5.32 Å². The number of benzene rings is 1. The van der Waals surface area contributed by atoms with Crippen LogP contribution in [0.3, 0.4) is 0 Å². The molecule has 0 bridgehead atoms. The Morgan fingerprint density at radius 2 is 2.12 bits per heavy atom. The van der Waals surface area contributed by atoms with Crippen LogP contribution in [0.25, 0.3) is 0 Å². The minimum absolute atomic E-state index is 0.0922. The lowest BCUT2D eigenvalue weighted by molar-refractivity contribution is -0.383. The zero-order valence-corrected chi connectivity index (χ0v) is 15.6. The number of anilines is 2. The van der Waals surface area contributed by atoms with E-state index in [1.807, 2.05) is 6.92 Å². The number of carbonyl (C=O) groups excluding carboxylic acids is 2. The summed E-state index contributed by atoms with van der Waals surface area (Å²) < 4.78 is 0. The second-order valence-corrected chi connectivity index (χ2v) is 7.60. The van der Waals surface area contributed by atoms with Gasteiger partial charge < -0.3 is 10.2 Å². The van der Waals surface area contributed by atoms with Crippen molar-refractivity contribution in [2.45, 2.75) is 32.6 Å². The number of rotatable bonds is 5. The van der Waals surface area contributed by atoms with Gasteiger partial charge in [0.05, 0.1) is 20.9 Å². The fraction of sp³-hybridized carbons (Fsp3) is 0.333. The molecule has 3 rings (SSSR count). The second-order valence-electron chi connectivity index (χ2n) is 6.66. The second kappa shape index (κ2) is 6.53. The van der Waals surface area contributed by atoms with E-state index in [4.69, 9.17) is 0 Å². The summed E-state index contributed by atoms with van der Waals surface area (Å²) in [5, 5.41) is 15.9. The highest BCUT2D eigenvalue weighted by Gasteiger charge is 2.45. The van der Waals surface area contributed by atoms with Crippen molar-refractivity contribution >= 4 is 40.2 Å². The van der Waals surface area contributed by atoms with Crippen molar-refractivity contribution in [3.8, 4) is 0 Å². The number of hydrogen-bond donors (Lipinski definition) is 1. The van der Waals surface area contributed by atoms with Crippen molar-refractivity contribution in [2.75, 3.05) is 16.8 Å². The number of thiophene rings is 1. The zero-order valence-electron chi connectivity index (χ0n) is 14.7. The van der Waals surface area contributed by atoms with Crippen molar-refractivity contribution in [1.29, 1.82) is 0 Å². The minimum Gasteiger partial charge on any atom is -0.316 e. The first-order valence-corrected chi connectivity index (χ1v) is 9.15. The summed E-state index contributed by atoms with van der Waals surface area (Å²) in [4.78, 5) is 38.2. The fourth-order valence-corrected chi connectivity index (χ4v) is 3.77. The summed E-state index contributed by atoms with van der Waals surface area (Å²) in [6.45, 7) is 6.02. The molecule has 0 atom stereocenters. The molecule has 2 heterocycles. The molecule has 0 fully saturated rings. The predicted molar refractivity (Wildman–Crippen MR) is 101 cm³/mol. The summed E-state index contributed by atoms with van der Waals surface area (Å²) in [7, 11) is 0. The van der Waals surface area contributed by atoms with Crippen molar-refractivity contribution in [3.05, 3.63) is 50.2 Å². The van der Waals surface area contributed by atoms with Crippen LogP contribution in [-0.4, -0.2) is 23.3 Å². The van der Waals surface area contributed by atoms with E-state index in [-0.39, 0.29) is 17.3 Å². The first-order valence-electron chi connectivity index (χ1n) is 8.27. The lowest BCUT2D eigenvalue weighted by Gasteiger charge is -2.19. The Morgan fingerprint density at radius 1 is 1.38 bits per heavy atom. The Labute approximate surface area is 154 Å².